The molecule has 0 saturated heterocycles. The molecule has 1 aromatic carbocycles. The van der Waals surface area contributed by atoms with Gasteiger partial charge in [-0.1, -0.05) is 0 Å². The lowest BCUT2D eigenvalue weighted by Gasteiger charge is -2.40. The summed E-state index contributed by atoms with van der Waals surface area (Å²) in [5.74, 6) is -0.257. The van der Waals surface area contributed by atoms with Crippen molar-refractivity contribution in [3.05, 3.63) is 23.5 Å². The van der Waals surface area contributed by atoms with Crippen molar-refractivity contribution in [2.75, 3.05) is 23.8 Å². The molecule has 100 valence electrons. The number of hydrogen-bond acceptors (Lipinski definition) is 3. The van der Waals surface area contributed by atoms with Gasteiger partial charge in [0.1, 0.15) is 5.82 Å². The van der Waals surface area contributed by atoms with Gasteiger partial charge in [0.25, 0.3) is 0 Å². The van der Waals surface area contributed by atoms with Gasteiger partial charge in [0.2, 0.25) is 0 Å². The first-order valence-electron chi connectivity index (χ1n) is 6.56. The third-order valence-corrected chi connectivity index (χ3v) is 3.69. The monoisotopic (exact) mass is 252 g/mol. The number of benzene rings is 1. The Balaban J connectivity index is 2.25. The van der Waals surface area contributed by atoms with E-state index >= 15 is 0 Å². The second kappa shape index (κ2) is 5.57. The van der Waals surface area contributed by atoms with E-state index in [1.165, 1.54) is 12.5 Å². The van der Waals surface area contributed by atoms with Crippen molar-refractivity contribution in [3.8, 4) is 0 Å². The number of anilines is 2. The van der Waals surface area contributed by atoms with Gasteiger partial charge >= 0.3 is 0 Å². The molecule has 3 nitrogen and oxygen atoms in total. The third kappa shape index (κ3) is 2.58. The second-order valence-electron chi connectivity index (χ2n) is 5.02. The van der Waals surface area contributed by atoms with Crippen LogP contribution in [-0.4, -0.2) is 24.3 Å². The summed E-state index contributed by atoms with van der Waals surface area (Å²) in [7, 11) is 0. The van der Waals surface area contributed by atoms with Gasteiger partial charge in [-0.15, -0.1) is 0 Å². The van der Waals surface area contributed by atoms with Crippen LogP contribution in [0.5, 0.6) is 0 Å². The van der Waals surface area contributed by atoms with E-state index in [0.717, 1.165) is 25.1 Å². The first-order valence-corrected chi connectivity index (χ1v) is 6.56. The number of nitrogen functional groups attached to an aromatic ring is 1. The molecule has 0 aromatic heterocycles. The van der Waals surface area contributed by atoms with Crippen molar-refractivity contribution in [2.45, 2.75) is 38.6 Å². The largest absolute Gasteiger partial charge is 0.397 e. The summed E-state index contributed by atoms with van der Waals surface area (Å²) in [6.07, 6.45) is 4.26. The maximum atomic E-state index is 13.4. The van der Waals surface area contributed by atoms with Gasteiger partial charge in [-0.3, -0.25) is 0 Å². The van der Waals surface area contributed by atoms with Gasteiger partial charge in [0, 0.05) is 19.2 Å². The Hall–Kier alpha value is -1.29. The Morgan fingerprint density at radius 2 is 2.17 bits per heavy atom. The van der Waals surface area contributed by atoms with Gasteiger partial charge in [-0.2, -0.15) is 0 Å². The van der Waals surface area contributed by atoms with E-state index in [1.54, 1.807) is 6.92 Å². The molecule has 0 spiro atoms. The van der Waals surface area contributed by atoms with Crippen LogP contribution < -0.4 is 10.6 Å². The Bertz CT molecular complexity index is 419. The van der Waals surface area contributed by atoms with Crippen LogP contribution in [0.1, 0.15) is 31.2 Å². The van der Waals surface area contributed by atoms with E-state index in [1.807, 2.05) is 6.07 Å². The molecule has 0 heterocycles. The van der Waals surface area contributed by atoms with Crippen LogP contribution >= 0.6 is 0 Å². The maximum absolute atomic E-state index is 13.4. The lowest BCUT2D eigenvalue weighted by Crippen LogP contribution is -2.41. The molecule has 0 atom stereocenters. The molecule has 1 fully saturated rings. The molecule has 0 amide bonds. The Morgan fingerprint density at radius 1 is 1.44 bits per heavy atom. The predicted octanol–water partition coefficient (Wildman–Crippen LogP) is 2.46. The van der Waals surface area contributed by atoms with Gasteiger partial charge in [0.15, 0.2) is 0 Å². The fourth-order valence-electron chi connectivity index (χ4n) is 2.37. The molecule has 2 rings (SSSR count). The maximum Gasteiger partial charge on any atom is 0.128 e. The number of aliphatic hydroxyl groups excluding tert-OH is 1. The molecule has 0 aliphatic heterocycles. The second-order valence-corrected chi connectivity index (χ2v) is 5.02. The zero-order chi connectivity index (χ0) is 13.1. The average Bonchev–Trinajstić information content (AvgIpc) is 2.27. The van der Waals surface area contributed by atoms with Crippen LogP contribution in [0.2, 0.25) is 0 Å². The van der Waals surface area contributed by atoms with E-state index in [2.05, 4.69) is 4.90 Å². The topological polar surface area (TPSA) is 49.5 Å². The summed E-state index contributed by atoms with van der Waals surface area (Å²) in [5.41, 5.74) is 7.95. The van der Waals surface area contributed by atoms with Crippen LogP contribution in [-0.2, 0) is 0 Å². The Morgan fingerprint density at radius 3 is 2.72 bits per heavy atom. The van der Waals surface area contributed by atoms with Crippen LogP contribution in [0.3, 0.4) is 0 Å². The van der Waals surface area contributed by atoms with E-state index in [9.17, 15) is 4.39 Å². The minimum absolute atomic E-state index is 0.170. The molecule has 1 aromatic rings. The number of nitrogens with zero attached hydrogens (tertiary/aromatic N) is 1. The number of aryl methyl sites for hydroxylation is 1. The fourth-order valence-corrected chi connectivity index (χ4v) is 2.37. The number of hydrogen-bond donors (Lipinski definition) is 2. The van der Waals surface area contributed by atoms with Gasteiger partial charge in [-0.05, 0) is 50.3 Å². The molecule has 1 aliphatic rings. The van der Waals surface area contributed by atoms with Crippen LogP contribution in [0, 0.1) is 12.7 Å². The summed E-state index contributed by atoms with van der Waals surface area (Å²) in [6, 6.07) is 3.71. The molecule has 1 saturated carbocycles. The fraction of sp³-hybridized carbons (Fsp3) is 0.571. The van der Waals surface area contributed by atoms with Gasteiger partial charge < -0.3 is 15.7 Å². The summed E-state index contributed by atoms with van der Waals surface area (Å²) < 4.78 is 13.4. The van der Waals surface area contributed by atoms with Crippen molar-refractivity contribution in [1.82, 2.24) is 0 Å². The molecule has 0 radical (unpaired) electrons. The number of aliphatic hydroxyl groups is 1. The van der Waals surface area contributed by atoms with E-state index < -0.39 is 0 Å². The van der Waals surface area contributed by atoms with Crippen molar-refractivity contribution in [2.24, 2.45) is 0 Å². The summed E-state index contributed by atoms with van der Waals surface area (Å²) >= 11 is 0. The van der Waals surface area contributed by atoms with Crippen molar-refractivity contribution in [3.63, 3.8) is 0 Å². The number of rotatable bonds is 5. The van der Waals surface area contributed by atoms with Gasteiger partial charge in [0.05, 0.1) is 11.4 Å². The van der Waals surface area contributed by atoms with Gasteiger partial charge in [-0.25, -0.2) is 4.39 Å². The minimum Gasteiger partial charge on any atom is -0.397 e. The van der Waals surface area contributed by atoms with E-state index in [-0.39, 0.29) is 12.4 Å². The van der Waals surface area contributed by atoms with Crippen molar-refractivity contribution in [1.29, 1.82) is 0 Å². The predicted molar refractivity (Wildman–Crippen MR) is 72.2 cm³/mol. The highest BCUT2D eigenvalue weighted by molar-refractivity contribution is 5.69. The molecule has 0 unspecified atom stereocenters. The first kappa shape index (κ1) is 13.1. The van der Waals surface area contributed by atoms with Crippen molar-refractivity contribution < 1.29 is 9.50 Å². The zero-order valence-corrected chi connectivity index (χ0v) is 10.8. The molecule has 4 heteroatoms. The minimum atomic E-state index is -0.257. The molecular weight excluding hydrogens is 231 g/mol. The molecular formula is C14H21FN2O. The quantitative estimate of drug-likeness (QED) is 0.791. The number of nitrogens with two attached hydrogens (primary N) is 1. The average molecular weight is 252 g/mol. The highest BCUT2D eigenvalue weighted by Gasteiger charge is 2.26. The first-order chi connectivity index (χ1) is 8.63. The zero-order valence-electron chi connectivity index (χ0n) is 10.8. The smallest absolute Gasteiger partial charge is 0.128 e. The van der Waals surface area contributed by atoms with Crippen LogP contribution in [0.25, 0.3) is 0 Å². The lowest BCUT2D eigenvalue weighted by atomic mass is 9.90. The summed E-state index contributed by atoms with van der Waals surface area (Å²) in [5, 5.41) is 8.98. The van der Waals surface area contributed by atoms with Crippen LogP contribution in [0.4, 0.5) is 15.8 Å². The third-order valence-electron chi connectivity index (χ3n) is 3.69. The highest BCUT2D eigenvalue weighted by Crippen LogP contribution is 2.34. The van der Waals surface area contributed by atoms with Crippen LogP contribution in [0.15, 0.2) is 12.1 Å². The normalized spacial score (nSPS) is 15.5. The number of halogens is 1. The Kier molecular flexibility index (Phi) is 4.07. The summed E-state index contributed by atoms with van der Waals surface area (Å²) in [4.78, 5) is 2.22. The molecule has 3 N–H and O–H groups in total. The Labute approximate surface area is 107 Å². The molecule has 0 bridgehead atoms. The molecule has 18 heavy (non-hydrogen) atoms. The molecule has 1 aliphatic carbocycles. The SMILES string of the molecule is Cc1cc(N(CCCO)C2CCC2)c(N)cc1F. The van der Waals surface area contributed by atoms with Crippen molar-refractivity contribution >= 4 is 11.4 Å². The van der Waals surface area contributed by atoms with E-state index in [4.69, 9.17) is 10.8 Å². The highest BCUT2D eigenvalue weighted by atomic mass is 19.1. The summed E-state index contributed by atoms with van der Waals surface area (Å²) in [6.45, 7) is 2.70. The standard InChI is InChI=1S/C14H21FN2O/c1-10-8-14(13(16)9-12(10)15)17(6-3-7-18)11-4-2-5-11/h8-9,11,18H,2-7,16H2,1H3. The van der Waals surface area contributed by atoms with E-state index in [0.29, 0.717) is 23.7 Å². The lowest BCUT2D eigenvalue weighted by molar-refractivity contribution is 0.283.